The average molecular weight is 501 g/mol. The number of fused-ring (bicyclic) bond motifs is 5. The van der Waals surface area contributed by atoms with Gasteiger partial charge in [-0.25, -0.2) is 4.99 Å². The Hall–Kier alpha value is -2.76. The maximum Gasteiger partial charge on any atom is 0.302 e. The molecule has 4 saturated carbocycles. The van der Waals surface area contributed by atoms with Crippen molar-refractivity contribution in [3.63, 3.8) is 0 Å². The molecule has 0 aromatic heterocycles. The monoisotopic (exact) mass is 500 g/mol. The van der Waals surface area contributed by atoms with Gasteiger partial charge in [0.15, 0.2) is 0 Å². The first kappa shape index (κ1) is 24.6. The van der Waals surface area contributed by atoms with Gasteiger partial charge in [0.1, 0.15) is 11.9 Å². The van der Waals surface area contributed by atoms with Crippen LogP contribution < -0.4 is 5.73 Å². The van der Waals surface area contributed by atoms with E-state index in [-0.39, 0.29) is 23.4 Å². The molecule has 1 heterocycles. The molecule has 1 aromatic rings. The number of hydrogen-bond acceptors (Lipinski definition) is 4. The normalized spacial score (nSPS) is 41.2. The fraction of sp³-hybridized carbons (Fsp3) is 0.613. The third kappa shape index (κ3) is 3.90. The number of hydrogen-bond donors (Lipinski definition) is 2. The van der Waals surface area contributed by atoms with Crippen molar-refractivity contribution in [1.29, 1.82) is 5.41 Å². The fourth-order valence-corrected chi connectivity index (χ4v) is 9.36. The summed E-state index contributed by atoms with van der Waals surface area (Å²) in [5.41, 5.74) is 11.2. The van der Waals surface area contributed by atoms with Crippen LogP contribution in [0.1, 0.15) is 84.1 Å². The summed E-state index contributed by atoms with van der Waals surface area (Å²) in [4.78, 5) is 20.5. The van der Waals surface area contributed by atoms with Crippen molar-refractivity contribution in [2.75, 3.05) is 0 Å². The van der Waals surface area contributed by atoms with Gasteiger partial charge < -0.3 is 10.5 Å². The second-order valence-corrected chi connectivity index (χ2v) is 12.7. The first-order valence-corrected chi connectivity index (χ1v) is 14.2. The van der Waals surface area contributed by atoms with E-state index in [2.05, 4.69) is 36.0 Å². The van der Waals surface area contributed by atoms with Crippen LogP contribution >= 0.6 is 0 Å². The molecule has 4 fully saturated rings. The molecule has 1 aromatic carbocycles. The molecule has 6 heteroatoms. The fourth-order valence-electron chi connectivity index (χ4n) is 9.36. The summed E-state index contributed by atoms with van der Waals surface area (Å²) < 4.78 is 5.66. The quantitative estimate of drug-likeness (QED) is 0.483. The SMILES string of the molecule is CC(=O)O[C@H]1CC[C@@]2(C)[C@@H](CC[C@@H]3[C@@H]2CC[C@]2(C)/C(=C4/C(N)=NC(=N)N=C4c4ccccc4)CC[C@@H]32)C1. The minimum Gasteiger partial charge on any atom is -0.463 e. The van der Waals surface area contributed by atoms with E-state index in [4.69, 9.17) is 15.9 Å². The van der Waals surface area contributed by atoms with E-state index in [0.29, 0.717) is 23.1 Å². The molecular formula is C31H40N4O2. The highest BCUT2D eigenvalue weighted by atomic mass is 16.5. The number of rotatable bonds is 2. The molecule has 0 bridgehead atoms. The number of esters is 1. The van der Waals surface area contributed by atoms with Gasteiger partial charge >= 0.3 is 5.97 Å². The maximum atomic E-state index is 11.6. The van der Waals surface area contributed by atoms with E-state index in [1.165, 1.54) is 44.1 Å². The van der Waals surface area contributed by atoms with Crippen LogP contribution in [0.25, 0.3) is 0 Å². The summed E-state index contributed by atoms with van der Waals surface area (Å²) in [5, 5.41) is 8.17. The predicted octanol–water partition coefficient (Wildman–Crippen LogP) is 6.05. The zero-order chi connectivity index (χ0) is 25.9. The Morgan fingerprint density at radius 1 is 1.03 bits per heavy atom. The van der Waals surface area contributed by atoms with Crippen molar-refractivity contribution in [2.24, 2.45) is 50.2 Å². The Bertz CT molecular complexity index is 1220. The number of amidine groups is 1. The number of nitrogens with two attached hydrogens (primary N) is 1. The van der Waals surface area contributed by atoms with E-state index in [9.17, 15) is 4.79 Å². The number of guanidine groups is 1. The van der Waals surface area contributed by atoms with Gasteiger partial charge in [0.2, 0.25) is 5.96 Å². The molecule has 3 N–H and O–H groups in total. The molecule has 4 aliphatic carbocycles. The number of ether oxygens (including phenoxy) is 1. The van der Waals surface area contributed by atoms with Crippen molar-refractivity contribution in [3.8, 4) is 0 Å². The molecule has 1 aliphatic heterocycles. The van der Waals surface area contributed by atoms with Gasteiger partial charge in [-0.15, -0.1) is 0 Å². The summed E-state index contributed by atoms with van der Waals surface area (Å²) in [6.07, 6.45) is 10.5. The number of allylic oxidation sites excluding steroid dienone is 1. The Morgan fingerprint density at radius 3 is 2.57 bits per heavy atom. The standard InChI is InChI=1S/C31H40N4O2/c1-18(36)37-21-13-15-30(2)20(17-21)9-10-22-23-11-12-25(31(23,3)16-14-24(22)30)26-27(19-7-5-4-6-8-19)34-29(33)35-28(26)32/h4-8,20-24H,9-17H2,1-3H3,(H3,32,33,35)/b26-25+/t20-,21-,22-,23-,24-,30-,31-/m0/s1. The van der Waals surface area contributed by atoms with Crippen molar-refractivity contribution < 1.29 is 9.53 Å². The molecule has 6 rings (SSSR count). The highest BCUT2D eigenvalue weighted by Crippen LogP contribution is 2.67. The minimum absolute atomic E-state index is 0.0142. The predicted molar refractivity (Wildman–Crippen MR) is 147 cm³/mol. The van der Waals surface area contributed by atoms with Crippen LogP contribution in [0.2, 0.25) is 0 Å². The number of carbonyl (C=O) groups is 1. The first-order valence-electron chi connectivity index (χ1n) is 14.2. The zero-order valence-electron chi connectivity index (χ0n) is 22.4. The largest absolute Gasteiger partial charge is 0.463 e. The van der Waals surface area contributed by atoms with Crippen LogP contribution in [0.15, 0.2) is 51.5 Å². The Morgan fingerprint density at radius 2 is 1.81 bits per heavy atom. The first-order chi connectivity index (χ1) is 17.7. The summed E-state index contributed by atoms with van der Waals surface area (Å²) in [7, 11) is 0. The molecule has 37 heavy (non-hydrogen) atoms. The van der Waals surface area contributed by atoms with E-state index >= 15 is 0 Å². The summed E-state index contributed by atoms with van der Waals surface area (Å²) >= 11 is 0. The Labute approximate surface area is 220 Å². The van der Waals surface area contributed by atoms with E-state index < -0.39 is 0 Å². The number of nitrogens with zero attached hydrogens (tertiary/aromatic N) is 2. The summed E-state index contributed by atoms with van der Waals surface area (Å²) in [5.74, 6) is 3.06. The van der Waals surface area contributed by atoms with Gasteiger partial charge in [0.05, 0.1) is 5.71 Å². The lowest BCUT2D eigenvalue weighted by molar-refractivity contribution is -0.158. The van der Waals surface area contributed by atoms with Crippen LogP contribution in [-0.4, -0.2) is 29.6 Å². The van der Waals surface area contributed by atoms with Crippen LogP contribution in [-0.2, 0) is 9.53 Å². The van der Waals surface area contributed by atoms with Gasteiger partial charge in [0.25, 0.3) is 0 Å². The van der Waals surface area contributed by atoms with Crippen molar-refractivity contribution in [1.82, 2.24) is 0 Å². The second kappa shape index (κ2) is 8.92. The van der Waals surface area contributed by atoms with Crippen molar-refractivity contribution in [3.05, 3.63) is 47.0 Å². The highest BCUT2D eigenvalue weighted by molar-refractivity contribution is 6.35. The minimum atomic E-state index is -0.138. The van der Waals surface area contributed by atoms with Gasteiger partial charge in [-0.2, -0.15) is 4.99 Å². The van der Waals surface area contributed by atoms with Crippen molar-refractivity contribution in [2.45, 2.75) is 84.7 Å². The Balaban J connectivity index is 1.32. The van der Waals surface area contributed by atoms with Gasteiger partial charge in [-0.1, -0.05) is 49.8 Å². The van der Waals surface area contributed by atoms with E-state index in [1.807, 2.05) is 18.2 Å². The van der Waals surface area contributed by atoms with Crippen LogP contribution in [0.4, 0.5) is 0 Å². The highest BCUT2D eigenvalue weighted by Gasteiger charge is 2.59. The second-order valence-electron chi connectivity index (χ2n) is 12.7. The van der Waals surface area contributed by atoms with Gasteiger partial charge in [-0.05, 0) is 92.3 Å². The molecule has 0 radical (unpaired) electrons. The zero-order valence-corrected chi connectivity index (χ0v) is 22.4. The summed E-state index contributed by atoms with van der Waals surface area (Å²) in [6, 6.07) is 10.2. The summed E-state index contributed by atoms with van der Waals surface area (Å²) in [6.45, 7) is 6.57. The van der Waals surface area contributed by atoms with Gasteiger partial charge in [0, 0.05) is 18.1 Å². The molecular weight excluding hydrogens is 460 g/mol. The average Bonchev–Trinajstić information content (AvgIpc) is 3.21. The molecule has 5 aliphatic rings. The molecule has 196 valence electrons. The lowest BCUT2D eigenvalue weighted by atomic mass is 9.45. The number of aliphatic imine (C=N–C) groups is 2. The Kier molecular flexibility index (Phi) is 5.92. The molecule has 0 spiro atoms. The third-order valence-corrected chi connectivity index (χ3v) is 11.0. The number of benzene rings is 1. The lowest BCUT2D eigenvalue weighted by Crippen LogP contribution is -2.53. The number of carbonyl (C=O) groups excluding carboxylic acids is 1. The maximum absolute atomic E-state index is 11.6. The smallest absolute Gasteiger partial charge is 0.302 e. The molecule has 7 atom stereocenters. The van der Waals surface area contributed by atoms with Crippen LogP contribution in [0, 0.1) is 39.9 Å². The van der Waals surface area contributed by atoms with Crippen LogP contribution in [0.3, 0.4) is 0 Å². The topological polar surface area (TPSA) is 101 Å². The van der Waals surface area contributed by atoms with Gasteiger partial charge in [-0.3, -0.25) is 10.2 Å². The molecule has 0 unspecified atom stereocenters. The third-order valence-electron chi connectivity index (χ3n) is 11.0. The lowest BCUT2D eigenvalue weighted by Gasteiger charge is -2.60. The molecule has 6 nitrogen and oxygen atoms in total. The van der Waals surface area contributed by atoms with Crippen molar-refractivity contribution >= 4 is 23.5 Å². The molecule has 0 saturated heterocycles. The van der Waals surface area contributed by atoms with Crippen LogP contribution in [0.5, 0.6) is 0 Å². The van der Waals surface area contributed by atoms with E-state index in [1.54, 1.807) is 6.92 Å². The molecule has 0 amide bonds. The number of nitrogens with one attached hydrogen (secondary N) is 1. The van der Waals surface area contributed by atoms with E-state index in [0.717, 1.165) is 47.9 Å².